The van der Waals surface area contributed by atoms with Crippen LogP contribution in [-0.2, 0) is 9.59 Å². The van der Waals surface area contributed by atoms with E-state index in [0.29, 0.717) is 27.7 Å². The highest BCUT2D eigenvalue weighted by Gasteiger charge is 2.35. The van der Waals surface area contributed by atoms with E-state index in [1.165, 1.54) is 12.0 Å². The van der Waals surface area contributed by atoms with Crippen molar-refractivity contribution in [3.8, 4) is 17.2 Å². The first kappa shape index (κ1) is 32.2. The fourth-order valence-corrected chi connectivity index (χ4v) is 5.86. The standard InChI is InChI=1S/C33H35BrN2O6S/c1-19(2)24-9-7-20(3)13-28(24)41-12-11-36-32(38)30(43-33(36)39)17-23-8-10-27(29(16-23)40-6)42-18-31(37)35-26-15-22(5)21(4)14-25(26)34/h7-10,13-17,19H,11-12,18H2,1-6H3,(H,35,37)/b30-17-. The van der Waals surface area contributed by atoms with Crippen molar-refractivity contribution in [1.82, 2.24) is 4.90 Å². The number of nitrogens with one attached hydrogen (secondary N) is 1. The molecular weight excluding hydrogens is 632 g/mol. The Bertz CT molecular complexity index is 1590. The van der Waals surface area contributed by atoms with E-state index in [4.69, 9.17) is 14.2 Å². The molecule has 1 aliphatic rings. The summed E-state index contributed by atoms with van der Waals surface area (Å²) in [6.45, 7) is 10.3. The van der Waals surface area contributed by atoms with Crippen molar-refractivity contribution in [3.63, 3.8) is 0 Å². The number of carbonyl (C=O) groups excluding carboxylic acids is 3. The average Bonchev–Trinajstić information content (AvgIpc) is 3.22. The second-order valence-electron chi connectivity index (χ2n) is 10.5. The van der Waals surface area contributed by atoms with Crippen LogP contribution in [-0.4, -0.2) is 48.8 Å². The second-order valence-corrected chi connectivity index (χ2v) is 12.4. The predicted molar refractivity (Wildman–Crippen MR) is 174 cm³/mol. The number of amides is 3. The molecule has 8 nitrogen and oxygen atoms in total. The van der Waals surface area contributed by atoms with Gasteiger partial charge in [-0.05, 0) is 119 Å². The number of aryl methyl sites for hydroxylation is 3. The number of anilines is 1. The van der Waals surface area contributed by atoms with Crippen molar-refractivity contribution < 1.29 is 28.6 Å². The van der Waals surface area contributed by atoms with Crippen LogP contribution in [0, 0.1) is 20.8 Å². The third-order valence-corrected chi connectivity index (χ3v) is 8.50. The first-order valence-corrected chi connectivity index (χ1v) is 15.4. The molecule has 4 rings (SSSR count). The van der Waals surface area contributed by atoms with E-state index in [2.05, 4.69) is 35.1 Å². The summed E-state index contributed by atoms with van der Waals surface area (Å²) in [7, 11) is 1.49. The first-order chi connectivity index (χ1) is 20.5. The molecule has 1 aliphatic heterocycles. The number of carbonyl (C=O) groups is 3. The Morgan fingerprint density at radius 2 is 1.72 bits per heavy atom. The van der Waals surface area contributed by atoms with E-state index in [9.17, 15) is 14.4 Å². The van der Waals surface area contributed by atoms with Crippen molar-refractivity contribution in [2.45, 2.75) is 40.5 Å². The van der Waals surface area contributed by atoms with Gasteiger partial charge < -0.3 is 19.5 Å². The van der Waals surface area contributed by atoms with Gasteiger partial charge in [0.15, 0.2) is 18.1 Å². The number of imide groups is 1. The quantitative estimate of drug-likeness (QED) is 0.210. The largest absolute Gasteiger partial charge is 0.493 e. The summed E-state index contributed by atoms with van der Waals surface area (Å²) in [6, 6.07) is 15.0. The summed E-state index contributed by atoms with van der Waals surface area (Å²) in [5.74, 6) is 1.11. The summed E-state index contributed by atoms with van der Waals surface area (Å²) >= 11 is 4.36. The van der Waals surface area contributed by atoms with Crippen molar-refractivity contribution in [2.24, 2.45) is 0 Å². The summed E-state index contributed by atoms with van der Waals surface area (Å²) in [5, 5.41) is 2.50. The highest BCUT2D eigenvalue weighted by Crippen LogP contribution is 2.35. The van der Waals surface area contributed by atoms with Crippen LogP contribution < -0.4 is 19.5 Å². The summed E-state index contributed by atoms with van der Waals surface area (Å²) in [4.78, 5) is 39.8. The van der Waals surface area contributed by atoms with E-state index in [1.807, 2.05) is 51.1 Å². The summed E-state index contributed by atoms with van der Waals surface area (Å²) in [5.41, 5.74) is 5.64. The van der Waals surface area contributed by atoms with Crippen LogP contribution in [0.15, 0.2) is 57.9 Å². The molecule has 1 N–H and O–H groups in total. The van der Waals surface area contributed by atoms with Gasteiger partial charge in [0.1, 0.15) is 12.4 Å². The molecule has 3 aromatic carbocycles. The highest BCUT2D eigenvalue weighted by atomic mass is 79.9. The van der Waals surface area contributed by atoms with Gasteiger partial charge in [-0.2, -0.15) is 0 Å². The normalized spacial score (nSPS) is 14.0. The Balaban J connectivity index is 1.37. The van der Waals surface area contributed by atoms with Gasteiger partial charge in [0.25, 0.3) is 17.1 Å². The Labute approximate surface area is 264 Å². The maximum atomic E-state index is 13.1. The van der Waals surface area contributed by atoms with E-state index in [1.54, 1.807) is 24.3 Å². The van der Waals surface area contributed by atoms with Crippen molar-refractivity contribution in [2.75, 3.05) is 32.2 Å². The smallest absolute Gasteiger partial charge is 0.293 e. The van der Waals surface area contributed by atoms with Gasteiger partial charge in [-0.3, -0.25) is 19.3 Å². The lowest BCUT2D eigenvalue weighted by Gasteiger charge is -2.17. The number of hydrogen-bond donors (Lipinski definition) is 1. The monoisotopic (exact) mass is 666 g/mol. The van der Waals surface area contributed by atoms with E-state index < -0.39 is 0 Å². The van der Waals surface area contributed by atoms with Crippen LogP contribution in [0.2, 0.25) is 0 Å². The molecule has 0 saturated carbocycles. The van der Waals surface area contributed by atoms with Gasteiger partial charge >= 0.3 is 0 Å². The number of methoxy groups -OCH3 is 1. The van der Waals surface area contributed by atoms with E-state index in [0.717, 1.165) is 44.2 Å². The zero-order valence-corrected chi connectivity index (χ0v) is 27.5. The van der Waals surface area contributed by atoms with Crippen LogP contribution in [0.3, 0.4) is 0 Å². The summed E-state index contributed by atoms with van der Waals surface area (Å²) in [6.07, 6.45) is 1.64. The Morgan fingerprint density at radius 1 is 0.977 bits per heavy atom. The minimum Gasteiger partial charge on any atom is -0.493 e. The van der Waals surface area contributed by atoms with E-state index >= 15 is 0 Å². The predicted octanol–water partition coefficient (Wildman–Crippen LogP) is 7.64. The molecule has 226 valence electrons. The topological polar surface area (TPSA) is 94.2 Å². The molecular formula is C33H35BrN2O6S. The molecule has 3 aromatic rings. The van der Waals surface area contributed by atoms with E-state index in [-0.39, 0.29) is 42.7 Å². The minimum atomic E-state index is -0.375. The molecule has 43 heavy (non-hydrogen) atoms. The maximum Gasteiger partial charge on any atom is 0.293 e. The van der Waals surface area contributed by atoms with Crippen LogP contribution in [0.1, 0.15) is 47.6 Å². The molecule has 3 amide bonds. The van der Waals surface area contributed by atoms with Gasteiger partial charge in [-0.1, -0.05) is 32.0 Å². The lowest BCUT2D eigenvalue weighted by Crippen LogP contribution is -2.32. The minimum absolute atomic E-state index is 0.143. The molecule has 10 heteroatoms. The molecule has 0 unspecified atom stereocenters. The lowest BCUT2D eigenvalue weighted by atomic mass is 10.0. The zero-order valence-electron chi connectivity index (χ0n) is 25.1. The Morgan fingerprint density at radius 3 is 2.44 bits per heavy atom. The number of nitrogens with zero attached hydrogens (tertiary/aromatic N) is 1. The number of hydrogen-bond acceptors (Lipinski definition) is 7. The van der Waals surface area contributed by atoms with Gasteiger partial charge in [-0.15, -0.1) is 0 Å². The Hall–Kier alpha value is -3.76. The highest BCUT2D eigenvalue weighted by molar-refractivity contribution is 9.10. The fraction of sp³-hybridized carbons (Fsp3) is 0.303. The molecule has 0 spiro atoms. The van der Waals surface area contributed by atoms with Gasteiger partial charge in [0.2, 0.25) is 0 Å². The number of halogens is 1. The van der Waals surface area contributed by atoms with Crippen LogP contribution in [0.4, 0.5) is 10.5 Å². The first-order valence-electron chi connectivity index (χ1n) is 13.8. The van der Waals surface area contributed by atoms with Crippen LogP contribution >= 0.6 is 27.7 Å². The van der Waals surface area contributed by atoms with Crippen molar-refractivity contribution >= 4 is 56.5 Å². The van der Waals surface area contributed by atoms with Gasteiger partial charge in [0, 0.05) is 4.47 Å². The van der Waals surface area contributed by atoms with Crippen LogP contribution in [0.25, 0.3) is 6.08 Å². The molecule has 0 radical (unpaired) electrons. The molecule has 0 bridgehead atoms. The number of rotatable bonds is 11. The second kappa shape index (κ2) is 14.1. The van der Waals surface area contributed by atoms with Crippen molar-refractivity contribution in [3.05, 3.63) is 85.7 Å². The molecule has 1 saturated heterocycles. The summed E-state index contributed by atoms with van der Waals surface area (Å²) < 4.78 is 18.0. The molecule has 0 aliphatic carbocycles. The number of ether oxygens (including phenoxy) is 3. The Kier molecular flexibility index (Phi) is 10.6. The van der Waals surface area contributed by atoms with Crippen LogP contribution in [0.5, 0.6) is 17.2 Å². The van der Waals surface area contributed by atoms with Gasteiger partial charge in [0.05, 0.1) is 24.2 Å². The van der Waals surface area contributed by atoms with Gasteiger partial charge in [-0.25, -0.2) is 0 Å². The average molecular weight is 668 g/mol. The maximum absolute atomic E-state index is 13.1. The number of thioether (sulfide) groups is 1. The van der Waals surface area contributed by atoms with Crippen molar-refractivity contribution in [1.29, 1.82) is 0 Å². The molecule has 0 aromatic heterocycles. The third-order valence-electron chi connectivity index (χ3n) is 6.94. The zero-order chi connectivity index (χ0) is 31.3. The lowest BCUT2D eigenvalue weighted by molar-refractivity contribution is -0.123. The molecule has 1 heterocycles. The number of benzene rings is 3. The molecule has 0 atom stereocenters. The molecule has 1 fully saturated rings. The fourth-order valence-electron chi connectivity index (χ4n) is 4.43. The SMILES string of the molecule is COc1cc(/C=C2\SC(=O)N(CCOc3cc(C)ccc3C(C)C)C2=O)ccc1OCC(=O)Nc1cc(C)c(C)cc1Br. The third kappa shape index (κ3) is 8.00.